The van der Waals surface area contributed by atoms with E-state index < -0.39 is 0 Å². The number of aryl methyl sites for hydroxylation is 1. The summed E-state index contributed by atoms with van der Waals surface area (Å²) in [4.78, 5) is 19.3. The molecule has 3 heterocycles. The number of nitrogens with zero attached hydrogens (tertiary/aromatic N) is 3. The fraction of sp³-hybridized carbons (Fsp3) is 0.444. The summed E-state index contributed by atoms with van der Waals surface area (Å²) in [7, 11) is 0. The highest BCUT2D eigenvalue weighted by Gasteiger charge is 2.20. The normalized spacial score (nSPS) is 15.8. The molecule has 122 valence electrons. The molecule has 2 aromatic rings. The number of Topliss-reactive ketones (excluding diaryl/α,β-unsaturated/α-hetero) is 1. The van der Waals surface area contributed by atoms with Crippen LogP contribution in [-0.2, 0) is 0 Å². The first-order chi connectivity index (χ1) is 11.1. The topological polar surface area (TPSA) is 38.1 Å². The van der Waals surface area contributed by atoms with Gasteiger partial charge in [0.1, 0.15) is 5.82 Å². The maximum absolute atomic E-state index is 12.7. The lowest BCUT2D eigenvalue weighted by Gasteiger charge is -2.25. The Bertz CT molecular complexity index is 700. The van der Waals surface area contributed by atoms with Crippen LogP contribution in [0.1, 0.15) is 41.0 Å². The number of carbonyl (C=O) groups is 1. The van der Waals surface area contributed by atoms with Crippen LogP contribution in [0.15, 0.2) is 24.4 Å². The Morgan fingerprint density at radius 2 is 1.96 bits per heavy atom. The number of halogens is 1. The van der Waals surface area contributed by atoms with Crippen molar-refractivity contribution in [1.29, 1.82) is 0 Å². The van der Waals surface area contributed by atoms with Gasteiger partial charge in [-0.2, -0.15) is 0 Å². The van der Waals surface area contributed by atoms with Crippen molar-refractivity contribution in [1.82, 2.24) is 14.5 Å². The van der Waals surface area contributed by atoms with Gasteiger partial charge in [0.15, 0.2) is 5.78 Å². The highest BCUT2D eigenvalue weighted by atomic mass is 35.5. The van der Waals surface area contributed by atoms with Crippen molar-refractivity contribution in [2.75, 3.05) is 19.6 Å². The molecule has 1 saturated heterocycles. The molecule has 23 heavy (non-hydrogen) atoms. The maximum Gasteiger partial charge on any atom is 0.178 e. The summed E-state index contributed by atoms with van der Waals surface area (Å²) < 4.78 is 2.01. The zero-order chi connectivity index (χ0) is 16.4. The molecule has 1 aliphatic rings. The molecule has 5 heteroatoms. The summed E-state index contributed by atoms with van der Waals surface area (Å²) in [5, 5.41) is 0.609. The quantitative estimate of drug-likeness (QED) is 0.799. The van der Waals surface area contributed by atoms with Gasteiger partial charge in [0.2, 0.25) is 0 Å². The highest BCUT2D eigenvalue weighted by molar-refractivity contribution is 6.30. The van der Waals surface area contributed by atoms with E-state index in [2.05, 4.69) is 9.88 Å². The highest BCUT2D eigenvalue weighted by Crippen LogP contribution is 2.21. The number of carbonyl (C=O) groups excluding carboxylic acids is 1. The van der Waals surface area contributed by atoms with E-state index in [0.29, 0.717) is 11.6 Å². The Hall–Kier alpha value is -1.65. The van der Waals surface area contributed by atoms with Crippen molar-refractivity contribution in [2.45, 2.75) is 33.1 Å². The number of hydrogen-bond donors (Lipinski definition) is 0. The second kappa shape index (κ2) is 6.85. The molecule has 0 unspecified atom stereocenters. The Kier molecular flexibility index (Phi) is 4.83. The van der Waals surface area contributed by atoms with Gasteiger partial charge < -0.3 is 4.57 Å². The number of ketones is 1. The van der Waals surface area contributed by atoms with Crippen LogP contribution in [-0.4, -0.2) is 39.9 Å². The molecule has 4 nitrogen and oxygen atoms in total. The van der Waals surface area contributed by atoms with E-state index in [1.54, 1.807) is 6.20 Å². The van der Waals surface area contributed by atoms with Gasteiger partial charge >= 0.3 is 0 Å². The lowest BCUT2D eigenvalue weighted by atomic mass is 10.1. The molecule has 0 aliphatic carbocycles. The van der Waals surface area contributed by atoms with Crippen LogP contribution in [0.2, 0.25) is 5.02 Å². The summed E-state index contributed by atoms with van der Waals surface area (Å²) in [5.41, 5.74) is 2.75. The number of pyridine rings is 1. The molecule has 0 bridgehead atoms. The van der Waals surface area contributed by atoms with Crippen molar-refractivity contribution in [3.8, 4) is 5.82 Å². The Morgan fingerprint density at radius 1 is 1.22 bits per heavy atom. The molecule has 0 saturated carbocycles. The zero-order valence-corrected chi connectivity index (χ0v) is 14.4. The fourth-order valence-electron chi connectivity index (χ4n) is 3.30. The van der Waals surface area contributed by atoms with Crippen LogP contribution < -0.4 is 0 Å². The SMILES string of the molecule is Cc1cc(C(=O)CN2CCCCC2)c(C)n1-c1ccc(Cl)cn1. The molecule has 1 fully saturated rings. The van der Waals surface area contributed by atoms with Crippen LogP contribution in [0.5, 0.6) is 0 Å². The van der Waals surface area contributed by atoms with Gasteiger partial charge in [0.05, 0.1) is 11.6 Å². The minimum atomic E-state index is 0.195. The first-order valence-corrected chi connectivity index (χ1v) is 8.50. The van der Waals surface area contributed by atoms with Crippen molar-refractivity contribution in [3.63, 3.8) is 0 Å². The van der Waals surface area contributed by atoms with E-state index in [-0.39, 0.29) is 5.78 Å². The molecule has 0 atom stereocenters. The van der Waals surface area contributed by atoms with Crippen LogP contribution in [0, 0.1) is 13.8 Å². The van der Waals surface area contributed by atoms with Gasteiger partial charge in [-0.15, -0.1) is 0 Å². The van der Waals surface area contributed by atoms with E-state index in [1.165, 1.54) is 19.3 Å². The van der Waals surface area contributed by atoms with E-state index >= 15 is 0 Å². The van der Waals surface area contributed by atoms with Crippen molar-refractivity contribution in [2.24, 2.45) is 0 Å². The third-order valence-corrected chi connectivity index (χ3v) is 4.71. The van der Waals surface area contributed by atoms with E-state index in [9.17, 15) is 4.79 Å². The summed E-state index contributed by atoms with van der Waals surface area (Å²) >= 11 is 5.91. The standard InChI is InChI=1S/C18H22ClN3O/c1-13-10-16(17(23)12-21-8-4-3-5-9-21)14(2)22(13)18-7-6-15(19)11-20-18/h6-7,10-11H,3-5,8-9,12H2,1-2H3. The minimum absolute atomic E-state index is 0.195. The van der Waals surface area contributed by atoms with Crippen LogP contribution in [0.25, 0.3) is 5.82 Å². The third-order valence-electron chi connectivity index (χ3n) is 4.49. The third kappa shape index (κ3) is 3.48. The number of aromatic nitrogens is 2. The summed E-state index contributed by atoms with van der Waals surface area (Å²) in [5.74, 6) is 0.988. The zero-order valence-electron chi connectivity index (χ0n) is 13.7. The molecule has 0 aromatic carbocycles. The lowest BCUT2D eigenvalue weighted by Crippen LogP contribution is -2.34. The Balaban J connectivity index is 1.85. The van der Waals surface area contributed by atoms with Gasteiger partial charge in [-0.1, -0.05) is 18.0 Å². The molecule has 1 aliphatic heterocycles. The summed E-state index contributed by atoms with van der Waals surface area (Å²) in [6.07, 6.45) is 5.30. The van der Waals surface area contributed by atoms with Gasteiger partial charge in [-0.25, -0.2) is 4.98 Å². The Labute approximate surface area is 142 Å². The maximum atomic E-state index is 12.7. The molecule has 0 amide bonds. The van der Waals surface area contributed by atoms with Crippen LogP contribution in [0.3, 0.4) is 0 Å². The van der Waals surface area contributed by atoms with Gasteiger partial charge in [0, 0.05) is 23.1 Å². The minimum Gasteiger partial charge on any atom is -0.302 e. The molecule has 2 aromatic heterocycles. The Morgan fingerprint density at radius 3 is 2.61 bits per heavy atom. The first-order valence-electron chi connectivity index (χ1n) is 8.12. The average Bonchev–Trinajstić information content (AvgIpc) is 2.84. The second-order valence-electron chi connectivity index (χ2n) is 6.21. The number of hydrogen-bond acceptors (Lipinski definition) is 3. The number of rotatable bonds is 4. The van der Waals surface area contributed by atoms with Gasteiger partial charge in [-0.05, 0) is 58.0 Å². The molecule has 0 N–H and O–H groups in total. The predicted octanol–water partition coefficient (Wildman–Crippen LogP) is 3.81. The van der Waals surface area contributed by atoms with Crippen molar-refractivity contribution in [3.05, 3.63) is 46.4 Å². The first kappa shape index (κ1) is 16.2. The predicted molar refractivity (Wildman–Crippen MR) is 92.7 cm³/mol. The summed E-state index contributed by atoms with van der Waals surface area (Å²) in [6, 6.07) is 5.66. The molecular weight excluding hydrogens is 310 g/mol. The fourth-order valence-corrected chi connectivity index (χ4v) is 3.42. The van der Waals surface area contributed by atoms with E-state index in [4.69, 9.17) is 11.6 Å². The van der Waals surface area contributed by atoms with Crippen molar-refractivity contribution >= 4 is 17.4 Å². The average molecular weight is 332 g/mol. The summed E-state index contributed by atoms with van der Waals surface area (Å²) in [6.45, 7) is 6.55. The van der Waals surface area contributed by atoms with Crippen molar-refractivity contribution < 1.29 is 4.79 Å². The smallest absolute Gasteiger partial charge is 0.178 e. The van der Waals surface area contributed by atoms with Crippen LogP contribution in [0.4, 0.5) is 0 Å². The number of piperidine rings is 1. The second-order valence-corrected chi connectivity index (χ2v) is 6.65. The monoisotopic (exact) mass is 331 g/mol. The van der Waals surface area contributed by atoms with E-state index in [1.807, 2.05) is 36.6 Å². The molecule has 0 radical (unpaired) electrons. The molecule has 3 rings (SSSR count). The molecular formula is C18H22ClN3O. The van der Waals surface area contributed by atoms with E-state index in [0.717, 1.165) is 35.9 Å². The lowest BCUT2D eigenvalue weighted by molar-refractivity contribution is 0.0915. The molecule has 0 spiro atoms. The van der Waals surface area contributed by atoms with Gasteiger partial charge in [-0.3, -0.25) is 9.69 Å². The number of likely N-dealkylation sites (tertiary alicyclic amines) is 1. The largest absolute Gasteiger partial charge is 0.302 e. The van der Waals surface area contributed by atoms with Crippen LogP contribution >= 0.6 is 11.6 Å². The van der Waals surface area contributed by atoms with Gasteiger partial charge in [0.25, 0.3) is 0 Å².